The van der Waals surface area contributed by atoms with Crippen LogP contribution in [0.2, 0.25) is 10.0 Å². The van der Waals surface area contributed by atoms with Crippen molar-refractivity contribution in [3.63, 3.8) is 0 Å². The van der Waals surface area contributed by atoms with E-state index in [1.165, 1.54) is 24.0 Å². The zero-order valence-corrected chi connectivity index (χ0v) is 16.7. The Morgan fingerprint density at radius 3 is 2.70 bits per heavy atom. The van der Waals surface area contributed by atoms with Gasteiger partial charge < -0.3 is 10.6 Å². The van der Waals surface area contributed by atoms with Crippen LogP contribution in [0.1, 0.15) is 24.0 Å². The van der Waals surface area contributed by atoms with Crippen molar-refractivity contribution in [3.8, 4) is 0 Å². The molecule has 0 amide bonds. The standard InChI is InChI=1S/C21H24Cl2N4/c22-18-6-5-16(11-19(18)23)14-27-9-7-15(8-10-27)12-24-21-25-13-17-3-1-2-4-20(17)26-21/h1-6,11,15H,7-10,12-14H2,(H2,24,25,26). The second kappa shape index (κ2) is 8.51. The van der Waals surface area contributed by atoms with Crippen LogP contribution in [0.5, 0.6) is 0 Å². The van der Waals surface area contributed by atoms with Gasteiger partial charge in [-0.15, -0.1) is 0 Å². The zero-order valence-electron chi connectivity index (χ0n) is 15.2. The summed E-state index contributed by atoms with van der Waals surface area (Å²) in [5.41, 5.74) is 3.63. The van der Waals surface area contributed by atoms with E-state index in [1.807, 2.05) is 12.1 Å². The maximum atomic E-state index is 6.13. The van der Waals surface area contributed by atoms with Gasteiger partial charge in [0.25, 0.3) is 0 Å². The minimum Gasteiger partial charge on any atom is -0.356 e. The minimum absolute atomic E-state index is 0.618. The molecule has 0 unspecified atom stereocenters. The molecule has 1 saturated heterocycles. The van der Waals surface area contributed by atoms with Crippen LogP contribution in [-0.2, 0) is 13.1 Å². The van der Waals surface area contributed by atoms with Crippen molar-refractivity contribution in [2.24, 2.45) is 10.9 Å². The first-order chi connectivity index (χ1) is 13.2. The van der Waals surface area contributed by atoms with Crippen molar-refractivity contribution in [3.05, 3.63) is 63.6 Å². The molecule has 2 heterocycles. The van der Waals surface area contributed by atoms with Gasteiger partial charge in [0.15, 0.2) is 5.96 Å². The third-order valence-electron chi connectivity index (χ3n) is 5.33. The van der Waals surface area contributed by atoms with E-state index >= 15 is 0 Å². The van der Waals surface area contributed by atoms with E-state index in [4.69, 9.17) is 23.2 Å². The third-order valence-corrected chi connectivity index (χ3v) is 6.07. The van der Waals surface area contributed by atoms with Gasteiger partial charge in [0, 0.05) is 18.8 Å². The van der Waals surface area contributed by atoms with E-state index in [2.05, 4.69) is 50.9 Å². The lowest BCUT2D eigenvalue weighted by Crippen LogP contribution is -2.40. The molecule has 0 bridgehead atoms. The molecule has 0 spiro atoms. The average molecular weight is 403 g/mol. The van der Waals surface area contributed by atoms with Gasteiger partial charge in [-0.3, -0.25) is 4.90 Å². The first-order valence-corrected chi connectivity index (χ1v) is 10.2. The van der Waals surface area contributed by atoms with Crippen molar-refractivity contribution >= 4 is 34.8 Å². The quantitative estimate of drug-likeness (QED) is 0.772. The summed E-state index contributed by atoms with van der Waals surface area (Å²) in [5, 5.41) is 8.14. The molecule has 2 N–H and O–H groups in total. The highest BCUT2D eigenvalue weighted by molar-refractivity contribution is 6.42. The molecule has 4 rings (SSSR count). The van der Waals surface area contributed by atoms with Gasteiger partial charge in [-0.25, -0.2) is 4.99 Å². The van der Waals surface area contributed by atoms with Crippen molar-refractivity contribution < 1.29 is 0 Å². The molecule has 0 aromatic heterocycles. The fourth-order valence-electron chi connectivity index (χ4n) is 3.70. The Kier molecular flexibility index (Phi) is 5.86. The number of nitrogens with one attached hydrogen (secondary N) is 2. The van der Waals surface area contributed by atoms with Crippen LogP contribution in [0.25, 0.3) is 0 Å². The maximum absolute atomic E-state index is 6.13. The maximum Gasteiger partial charge on any atom is 0.196 e. The summed E-state index contributed by atoms with van der Waals surface area (Å²) < 4.78 is 0. The number of hydrogen-bond donors (Lipinski definition) is 2. The molecule has 0 radical (unpaired) electrons. The van der Waals surface area contributed by atoms with Gasteiger partial charge in [0.05, 0.1) is 16.6 Å². The normalized spacial score (nSPS) is 17.8. The second-order valence-electron chi connectivity index (χ2n) is 7.30. The Morgan fingerprint density at radius 1 is 1.07 bits per heavy atom. The van der Waals surface area contributed by atoms with Crippen molar-refractivity contribution in [2.45, 2.75) is 25.9 Å². The number of piperidine rings is 1. The molecular weight excluding hydrogens is 379 g/mol. The number of halogens is 2. The summed E-state index contributed by atoms with van der Waals surface area (Å²) in [6, 6.07) is 14.2. The molecule has 6 heteroatoms. The van der Waals surface area contributed by atoms with Gasteiger partial charge in [-0.1, -0.05) is 47.5 Å². The molecule has 4 nitrogen and oxygen atoms in total. The van der Waals surface area contributed by atoms with Crippen LogP contribution in [0.3, 0.4) is 0 Å². The predicted molar refractivity (Wildman–Crippen MR) is 114 cm³/mol. The summed E-state index contributed by atoms with van der Waals surface area (Å²) in [7, 11) is 0. The summed E-state index contributed by atoms with van der Waals surface area (Å²) in [6.07, 6.45) is 2.39. The average Bonchev–Trinajstić information content (AvgIpc) is 2.70. The summed E-state index contributed by atoms with van der Waals surface area (Å²) in [6.45, 7) is 4.86. The second-order valence-corrected chi connectivity index (χ2v) is 8.11. The monoisotopic (exact) mass is 402 g/mol. The highest BCUT2D eigenvalue weighted by Gasteiger charge is 2.20. The fourth-order valence-corrected chi connectivity index (χ4v) is 4.02. The topological polar surface area (TPSA) is 39.7 Å². The number of rotatable bonds is 4. The number of likely N-dealkylation sites (tertiary alicyclic amines) is 1. The van der Waals surface area contributed by atoms with E-state index in [0.29, 0.717) is 16.0 Å². The SMILES string of the molecule is Clc1ccc(CN2CCC(CNC3=NCc4ccccc4N3)CC2)cc1Cl. The Morgan fingerprint density at radius 2 is 1.89 bits per heavy atom. The van der Waals surface area contributed by atoms with Crippen LogP contribution < -0.4 is 10.6 Å². The van der Waals surface area contributed by atoms with Gasteiger partial charge >= 0.3 is 0 Å². The number of guanidine groups is 1. The van der Waals surface area contributed by atoms with E-state index in [9.17, 15) is 0 Å². The van der Waals surface area contributed by atoms with Gasteiger partial charge in [-0.05, 0) is 61.2 Å². The molecule has 0 atom stereocenters. The first kappa shape index (κ1) is 18.6. The minimum atomic E-state index is 0.618. The Balaban J connectivity index is 1.22. The predicted octanol–water partition coefficient (Wildman–Crippen LogP) is 4.78. The highest BCUT2D eigenvalue weighted by atomic mass is 35.5. The zero-order chi connectivity index (χ0) is 18.6. The van der Waals surface area contributed by atoms with E-state index in [1.54, 1.807) is 0 Å². The van der Waals surface area contributed by atoms with Crippen LogP contribution in [0, 0.1) is 5.92 Å². The van der Waals surface area contributed by atoms with Gasteiger partial charge in [-0.2, -0.15) is 0 Å². The number of nitrogens with zero attached hydrogens (tertiary/aromatic N) is 2. The Bertz CT molecular complexity index is 829. The lowest BCUT2D eigenvalue weighted by atomic mass is 9.96. The Labute approximate surface area is 170 Å². The molecule has 0 saturated carbocycles. The molecule has 2 aromatic rings. The lowest BCUT2D eigenvalue weighted by molar-refractivity contribution is 0.178. The van der Waals surface area contributed by atoms with Gasteiger partial charge in [0.2, 0.25) is 0 Å². The van der Waals surface area contributed by atoms with Crippen molar-refractivity contribution in [1.29, 1.82) is 0 Å². The number of fused-ring (bicyclic) bond motifs is 1. The van der Waals surface area contributed by atoms with E-state index < -0.39 is 0 Å². The number of hydrogen-bond acceptors (Lipinski definition) is 4. The molecule has 2 aromatic carbocycles. The molecule has 2 aliphatic heterocycles. The molecule has 142 valence electrons. The smallest absolute Gasteiger partial charge is 0.196 e. The summed E-state index contributed by atoms with van der Waals surface area (Å²) in [4.78, 5) is 7.09. The largest absolute Gasteiger partial charge is 0.356 e. The number of aliphatic imine (C=N–C) groups is 1. The molecule has 27 heavy (non-hydrogen) atoms. The first-order valence-electron chi connectivity index (χ1n) is 9.47. The van der Waals surface area contributed by atoms with Crippen LogP contribution in [0.4, 0.5) is 5.69 Å². The van der Waals surface area contributed by atoms with Crippen LogP contribution in [0.15, 0.2) is 47.5 Å². The summed E-state index contributed by atoms with van der Waals surface area (Å²) >= 11 is 12.1. The molecular formula is C21H24Cl2N4. The molecule has 0 aliphatic carbocycles. The summed E-state index contributed by atoms with van der Waals surface area (Å²) in [5.74, 6) is 1.57. The molecule has 1 fully saturated rings. The third kappa shape index (κ3) is 4.75. The van der Waals surface area contributed by atoms with E-state index in [0.717, 1.165) is 44.4 Å². The van der Waals surface area contributed by atoms with E-state index in [-0.39, 0.29) is 0 Å². The number of para-hydroxylation sites is 1. The molecule has 2 aliphatic rings. The van der Waals surface area contributed by atoms with Crippen LogP contribution >= 0.6 is 23.2 Å². The number of anilines is 1. The lowest BCUT2D eigenvalue weighted by Gasteiger charge is -2.32. The fraction of sp³-hybridized carbons (Fsp3) is 0.381. The number of benzene rings is 2. The Hall–Kier alpha value is -1.75. The van der Waals surface area contributed by atoms with Crippen molar-refractivity contribution in [1.82, 2.24) is 10.2 Å². The highest BCUT2D eigenvalue weighted by Crippen LogP contribution is 2.25. The van der Waals surface area contributed by atoms with Gasteiger partial charge in [0.1, 0.15) is 0 Å². The van der Waals surface area contributed by atoms with Crippen molar-refractivity contribution in [2.75, 3.05) is 25.0 Å². The van der Waals surface area contributed by atoms with Crippen LogP contribution in [-0.4, -0.2) is 30.5 Å².